The Kier molecular flexibility index (Phi) is 8.00. The van der Waals surface area contributed by atoms with Gasteiger partial charge >= 0.3 is 7.82 Å². The van der Waals surface area contributed by atoms with Gasteiger partial charge < -0.3 is 15.3 Å². The van der Waals surface area contributed by atoms with Crippen LogP contribution in [0.2, 0.25) is 0 Å². The maximum absolute atomic E-state index is 11.6. The Morgan fingerprint density at radius 2 is 1.00 bits per heavy atom. The molecule has 3 N–H and O–H groups in total. The zero-order valence-corrected chi connectivity index (χ0v) is 10.3. The number of rotatable bonds is 9. The van der Waals surface area contributed by atoms with E-state index in [-0.39, 0.29) is 0 Å². The van der Waals surface area contributed by atoms with Gasteiger partial charge in [0.05, 0.1) is 0 Å². The molecule has 0 amide bonds. The van der Waals surface area contributed by atoms with Crippen LogP contribution < -0.4 is 0 Å². The Hall–Kier alpha value is -0.130. The first-order valence-electron chi connectivity index (χ1n) is 4.44. The molecule has 0 aromatic rings. The average molecular weight is 278 g/mol. The largest absolute Gasteiger partial charge is 0.557 e. The van der Waals surface area contributed by atoms with Gasteiger partial charge in [-0.2, -0.15) is 14.7 Å². The topological polar surface area (TPSA) is 133 Å². The zero-order valence-electron chi connectivity index (χ0n) is 9.38. The highest BCUT2D eigenvalue weighted by atomic mass is 31.2. The first-order valence-corrected chi connectivity index (χ1v) is 5.90. The predicted octanol–water partition coefficient (Wildman–Crippen LogP) is -0.0460. The third kappa shape index (κ3) is 9.56. The van der Waals surface area contributed by atoms with Crippen molar-refractivity contribution in [2.75, 3.05) is 0 Å². The number of phosphoric acid groups is 1. The molecule has 0 spiro atoms. The summed E-state index contributed by atoms with van der Waals surface area (Å²) in [6.07, 6.45) is -4.31. The summed E-state index contributed by atoms with van der Waals surface area (Å²) in [4.78, 5) is 12.3. The van der Waals surface area contributed by atoms with Gasteiger partial charge in [-0.05, 0) is 20.8 Å². The van der Waals surface area contributed by atoms with Crippen LogP contribution in [0.3, 0.4) is 0 Å². The molecule has 0 saturated carbocycles. The highest BCUT2D eigenvalue weighted by molar-refractivity contribution is 7.48. The lowest BCUT2D eigenvalue weighted by atomic mass is 10.8. The summed E-state index contributed by atoms with van der Waals surface area (Å²) in [5.41, 5.74) is 0. The molecule has 0 fully saturated rings. The monoisotopic (exact) mass is 278 g/mol. The molecular formula is C6H15O10P. The van der Waals surface area contributed by atoms with E-state index in [9.17, 15) is 4.57 Å². The minimum Gasteiger partial charge on any atom is -0.366 e. The lowest BCUT2D eigenvalue weighted by Crippen LogP contribution is -2.14. The van der Waals surface area contributed by atoms with Crippen molar-refractivity contribution in [1.29, 1.82) is 0 Å². The van der Waals surface area contributed by atoms with Crippen LogP contribution in [0.4, 0.5) is 0 Å². The van der Waals surface area contributed by atoms with Crippen molar-refractivity contribution in [2.24, 2.45) is 0 Å². The van der Waals surface area contributed by atoms with Gasteiger partial charge in [-0.3, -0.25) is 0 Å². The van der Waals surface area contributed by atoms with Gasteiger partial charge in [0.25, 0.3) is 0 Å². The Balaban J connectivity index is 4.29. The second-order valence-corrected chi connectivity index (χ2v) is 4.10. The molecule has 104 valence electrons. The molecule has 3 unspecified atom stereocenters. The van der Waals surface area contributed by atoms with E-state index in [1.54, 1.807) is 0 Å². The van der Waals surface area contributed by atoms with Crippen LogP contribution in [0.1, 0.15) is 20.8 Å². The molecule has 0 saturated heterocycles. The van der Waals surface area contributed by atoms with Gasteiger partial charge in [-0.1, -0.05) is 0 Å². The van der Waals surface area contributed by atoms with Crippen LogP contribution in [0.25, 0.3) is 0 Å². The molecule has 10 nitrogen and oxygen atoms in total. The van der Waals surface area contributed by atoms with E-state index in [0.29, 0.717) is 0 Å². The minimum absolute atomic E-state index is 1.15. The highest BCUT2D eigenvalue weighted by Gasteiger charge is 2.34. The fourth-order valence-electron chi connectivity index (χ4n) is 0.382. The van der Waals surface area contributed by atoms with E-state index >= 15 is 0 Å². The lowest BCUT2D eigenvalue weighted by Gasteiger charge is -2.16. The van der Waals surface area contributed by atoms with Crippen LogP contribution in [0, 0.1) is 0 Å². The van der Waals surface area contributed by atoms with E-state index in [4.69, 9.17) is 15.3 Å². The molecule has 0 aliphatic carbocycles. The van der Waals surface area contributed by atoms with Gasteiger partial charge in [-0.15, -0.1) is 14.0 Å². The lowest BCUT2D eigenvalue weighted by molar-refractivity contribution is -0.390. The second-order valence-electron chi connectivity index (χ2n) is 2.76. The second kappa shape index (κ2) is 8.06. The first kappa shape index (κ1) is 16.9. The Morgan fingerprint density at radius 1 is 0.765 bits per heavy atom. The van der Waals surface area contributed by atoms with Gasteiger partial charge in [0.1, 0.15) is 0 Å². The van der Waals surface area contributed by atoms with E-state index in [1.165, 1.54) is 0 Å². The Bertz CT molecular complexity index is 203. The summed E-state index contributed by atoms with van der Waals surface area (Å²) < 4.78 is 23.8. The normalized spacial score (nSPS) is 20.6. The van der Waals surface area contributed by atoms with Gasteiger partial charge in [0, 0.05) is 0 Å². The Morgan fingerprint density at radius 3 is 1.18 bits per heavy atom. The zero-order chi connectivity index (χ0) is 13.5. The van der Waals surface area contributed by atoms with Crippen LogP contribution >= 0.6 is 7.82 Å². The maximum atomic E-state index is 11.6. The van der Waals surface area contributed by atoms with Crippen molar-refractivity contribution < 1.29 is 48.6 Å². The highest BCUT2D eigenvalue weighted by Crippen LogP contribution is 2.50. The SMILES string of the molecule is CC(O)OOP(=O)(OOC(C)O)OOC(C)O. The van der Waals surface area contributed by atoms with E-state index in [1.807, 2.05) is 0 Å². The maximum Gasteiger partial charge on any atom is 0.557 e. The number of hydrogen-bond donors (Lipinski definition) is 3. The summed E-state index contributed by atoms with van der Waals surface area (Å²) in [5.74, 6) is 0. The number of hydrogen-bond acceptors (Lipinski definition) is 10. The van der Waals surface area contributed by atoms with E-state index in [2.05, 4.69) is 28.7 Å². The van der Waals surface area contributed by atoms with Gasteiger partial charge in [0.15, 0.2) is 18.9 Å². The molecule has 17 heavy (non-hydrogen) atoms. The van der Waals surface area contributed by atoms with E-state index in [0.717, 1.165) is 20.8 Å². The predicted molar refractivity (Wildman–Crippen MR) is 49.2 cm³/mol. The third-order valence-electron chi connectivity index (χ3n) is 0.821. The van der Waals surface area contributed by atoms with Crippen molar-refractivity contribution in [2.45, 2.75) is 39.6 Å². The smallest absolute Gasteiger partial charge is 0.366 e. The van der Waals surface area contributed by atoms with Crippen molar-refractivity contribution in [3.63, 3.8) is 0 Å². The molecule has 0 bridgehead atoms. The van der Waals surface area contributed by atoms with Crippen LogP contribution in [0.15, 0.2) is 0 Å². The fraction of sp³-hybridized carbons (Fsp3) is 1.00. The molecule has 0 aromatic heterocycles. The summed E-state index contributed by atoms with van der Waals surface area (Å²) >= 11 is 0. The van der Waals surface area contributed by atoms with Crippen LogP contribution in [-0.4, -0.2) is 34.2 Å². The quantitative estimate of drug-likeness (QED) is 0.228. The molecule has 0 radical (unpaired) electrons. The van der Waals surface area contributed by atoms with Crippen LogP contribution in [-0.2, 0) is 33.3 Å². The minimum atomic E-state index is -4.53. The molecular weight excluding hydrogens is 263 g/mol. The summed E-state index contributed by atoms with van der Waals surface area (Å²) in [6.45, 7) is 3.44. The summed E-state index contributed by atoms with van der Waals surface area (Å²) in [6, 6.07) is 0. The van der Waals surface area contributed by atoms with Crippen molar-refractivity contribution in [1.82, 2.24) is 0 Å². The Labute approximate surface area is 97.0 Å². The first-order chi connectivity index (χ1) is 7.75. The third-order valence-corrected chi connectivity index (χ3v) is 1.63. The molecule has 0 aliphatic heterocycles. The van der Waals surface area contributed by atoms with Crippen molar-refractivity contribution in [3.05, 3.63) is 0 Å². The molecule has 11 heteroatoms. The van der Waals surface area contributed by atoms with E-state index < -0.39 is 26.7 Å². The fourth-order valence-corrected chi connectivity index (χ4v) is 1.15. The number of aliphatic hydroxyl groups excluding tert-OH is 3. The average Bonchev–Trinajstić information content (AvgIpc) is 2.21. The van der Waals surface area contributed by atoms with Gasteiger partial charge in [0.2, 0.25) is 0 Å². The van der Waals surface area contributed by atoms with Crippen LogP contribution in [0.5, 0.6) is 0 Å². The summed E-state index contributed by atoms with van der Waals surface area (Å²) in [5, 5.41) is 26.1. The van der Waals surface area contributed by atoms with Crippen molar-refractivity contribution in [3.8, 4) is 0 Å². The molecule has 0 aliphatic rings. The molecule has 3 atom stereocenters. The van der Waals surface area contributed by atoms with Crippen molar-refractivity contribution >= 4 is 7.82 Å². The van der Waals surface area contributed by atoms with Gasteiger partial charge in [-0.25, -0.2) is 4.57 Å². The number of aliphatic hydroxyl groups is 3. The molecule has 0 heterocycles. The molecule has 0 aromatic carbocycles. The molecule has 0 rings (SSSR count). The standard InChI is InChI=1S/C6H15O10P/c1-4(7)11-14-17(10,15-12-5(2)8)16-13-6(3)9/h4-9H,1-3H3. The summed E-state index contributed by atoms with van der Waals surface area (Å²) in [7, 11) is -4.53.